The molecule has 0 aliphatic carbocycles. The Bertz CT molecular complexity index is 1290. The molecule has 0 amide bonds. The van der Waals surface area contributed by atoms with E-state index in [1.807, 2.05) is 31.3 Å². The maximum Gasteiger partial charge on any atom is 0.302 e. The zero-order valence-corrected chi connectivity index (χ0v) is 25.4. The van der Waals surface area contributed by atoms with Crippen LogP contribution in [0.3, 0.4) is 0 Å². The predicted molar refractivity (Wildman–Crippen MR) is 160 cm³/mol. The summed E-state index contributed by atoms with van der Waals surface area (Å²) in [5.41, 5.74) is 16.2. The first-order valence-electron chi connectivity index (χ1n) is 12.1. The van der Waals surface area contributed by atoms with Crippen LogP contribution < -0.4 is 5.73 Å². The number of ether oxygens (including phenoxy) is 1. The van der Waals surface area contributed by atoms with Crippen molar-refractivity contribution in [3.8, 4) is 0 Å². The van der Waals surface area contributed by atoms with Crippen LogP contribution in [0.2, 0.25) is 0 Å². The summed E-state index contributed by atoms with van der Waals surface area (Å²) in [6.07, 6.45) is 4.10. The molecule has 0 radical (unpaired) electrons. The highest BCUT2D eigenvalue weighted by Crippen LogP contribution is 2.20. The Balaban J connectivity index is 0.000000222. The van der Waals surface area contributed by atoms with Crippen molar-refractivity contribution < 1.29 is 9.53 Å². The zero-order valence-electron chi connectivity index (χ0n) is 22.2. The Kier molecular flexibility index (Phi) is 14.8. The SMILES string of the molecule is CCOC(C)=O.Cc1nc(CCc2ccc(CN)s2)cs1.Cc1nc(CCc2ccc(CN=[N+]=[N-])s2)cs1. The number of nitrogens with zero attached hydrogens (tertiary/aromatic N) is 5. The summed E-state index contributed by atoms with van der Waals surface area (Å²) >= 11 is 6.93. The van der Waals surface area contributed by atoms with Gasteiger partial charge in [0.25, 0.3) is 0 Å². The van der Waals surface area contributed by atoms with E-state index in [0.717, 1.165) is 46.3 Å². The van der Waals surface area contributed by atoms with Crippen LogP contribution in [0.1, 0.15) is 54.8 Å². The largest absolute Gasteiger partial charge is 0.466 e. The molecule has 2 N–H and O–H groups in total. The van der Waals surface area contributed by atoms with Gasteiger partial charge in [-0.05, 0) is 76.3 Å². The number of nitrogens with two attached hydrogens (primary N) is 1. The average molecular weight is 591 g/mol. The smallest absolute Gasteiger partial charge is 0.302 e. The van der Waals surface area contributed by atoms with Gasteiger partial charge in [0.05, 0.1) is 34.6 Å². The summed E-state index contributed by atoms with van der Waals surface area (Å²) in [5, 5.41) is 10.1. The Morgan fingerprint density at radius 3 is 1.79 bits per heavy atom. The summed E-state index contributed by atoms with van der Waals surface area (Å²) in [6, 6.07) is 8.42. The third-order valence-corrected chi connectivity index (χ3v) is 8.80. The molecule has 4 aromatic heterocycles. The predicted octanol–water partition coefficient (Wildman–Crippen LogP) is 7.43. The third kappa shape index (κ3) is 12.8. The lowest BCUT2D eigenvalue weighted by Crippen LogP contribution is -1.95. The number of thiophene rings is 2. The Labute approximate surface area is 240 Å². The van der Waals surface area contributed by atoms with Crippen LogP contribution in [0.25, 0.3) is 10.4 Å². The number of esters is 1. The molecule has 0 saturated carbocycles. The molecule has 0 spiro atoms. The van der Waals surface area contributed by atoms with Gasteiger partial charge in [-0.15, -0.1) is 45.3 Å². The molecule has 0 saturated heterocycles. The number of hydrogen-bond acceptors (Lipinski definition) is 10. The monoisotopic (exact) mass is 590 g/mol. The summed E-state index contributed by atoms with van der Waals surface area (Å²) < 4.78 is 4.40. The molecule has 0 bridgehead atoms. The minimum atomic E-state index is -0.211. The van der Waals surface area contributed by atoms with Crippen LogP contribution in [0.15, 0.2) is 40.1 Å². The molecule has 0 aliphatic rings. The van der Waals surface area contributed by atoms with E-state index in [-0.39, 0.29) is 5.97 Å². The van der Waals surface area contributed by atoms with Gasteiger partial charge in [-0.25, -0.2) is 9.97 Å². The topological polar surface area (TPSA) is 127 Å². The minimum absolute atomic E-state index is 0.211. The Hall–Kier alpha value is -2.60. The van der Waals surface area contributed by atoms with Crippen molar-refractivity contribution in [1.29, 1.82) is 0 Å². The van der Waals surface area contributed by atoms with Gasteiger partial charge in [0.1, 0.15) is 0 Å². The normalized spacial score (nSPS) is 10.0. The Morgan fingerprint density at radius 2 is 1.42 bits per heavy atom. The maximum absolute atomic E-state index is 9.82. The highest BCUT2D eigenvalue weighted by Gasteiger charge is 2.03. The highest BCUT2D eigenvalue weighted by molar-refractivity contribution is 7.12. The molecular formula is C26H34N6O2S4. The molecule has 0 fully saturated rings. The molecule has 0 aromatic carbocycles. The van der Waals surface area contributed by atoms with Crippen molar-refractivity contribution in [2.75, 3.05) is 6.61 Å². The van der Waals surface area contributed by atoms with Gasteiger partial charge in [-0.3, -0.25) is 4.79 Å². The third-order valence-electron chi connectivity index (χ3n) is 4.86. The van der Waals surface area contributed by atoms with Crippen molar-refractivity contribution in [2.45, 2.75) is 66.5 Å². The molecule has 0 aliphatic heterocycles. The summed E-state index contributed by atoms with van der Waals surface area (Å²) in [5.74, 6) is -0.211. The van der Waals surface area contributed by atoms with E-state index in [9.17, 15) is 4.79 Å². The van der Waals surface area contributed by atoms with E-state index in [1.165, 1.54) is 27.2 Å². The van der Waals surface area contributed by atoms with Crippen LogP contribution in [-0.2, 0) is 48.3 Å². The van der Waals surface area contributed by atoms with Gasteiger partial charge < -0.3 is 10.5 Å². The molecule has 0 atom stereocenters. The number of hydrogen-bond donors (Lipinski definition) is 1. The Morgan fingerprint density at radius 1 is 0.921 bits per heavy atom. The highest BCUT2D eigenvalue weighted by atomic mass is 32.1. The van der Waals surface area contributed by atoms with Gasteiger partial charge in [0.15, 0.2) is 0 Å². The summed E-state index contributed by atoms with van der Waals surface area (Å²) in [4.78, 5) is 26.6. The standard InChI is InChI=1S/C11H12N4S2.C11H14N2S2.C4H8O2/c1-8-14-9(7-16-8)2-3-10-4-5-11(17-10)6-13-15-12;1-8-13-9(7-14-8)2-3-10-4-5-11(6-12)15-10;1-3-6-4(2)5/h4-5,7H,2-3,6H2,1H3;4-5,7H,2-3,6,12H2,1H3;3H2,1-2H3. The van der Waals surface area contributed by atoms with Crippen molar-refractivity contribution in [1.82, 2.24) is 9.97 Å². The number of carbonyl (C=O) groups excluding carboxylic acids is 1. The summed E-state index contributed by atoms with van der Waals surface area (Å²) in [6.45, 7) is 8.83. The minimum Gasteiger partial charge on any atom is -0.466 e. The van der Waals surface area contributed by atoms with Gasteiger partial charge in [0.2, 0.25) is 0 Å². The molecule has 38 heavy (non-hydrogen) atoms. The average Bonchev–Trinajstić information content (AvgIpc) is 3.69. The number of thiazole rings is 2. The molecule has 4 heterocycles. The fourth-order valence-corrected chi connectivity index (χ4v) is 6.29. The van der Waals surface area contributed by atoms with Crippen molar-refractivity contribution in [3.05, 3.63) is 86.4 Å². The van der Waals surface area contributed by atoms with E-state index < -0.39 is 0 Å². The van der Waals surface area contributed by atoms with Crippen LogP contribution >= 0.6 is 45.3 Å². The first-order valence-corrected chi connectivity index (χ1v) is 15.5. The first kappa shape index (κ1) is 31.6. The van der Waals surface area contributed by atoms with Gasteiger partial charge in [0, 0.05) is 48.6 Å². The quantitative estimate of drug-likeness (QED) is 0.0889. The van der Waals surface area contributed by atoms with E-state index in [0.29, 0.717) is 19.7 Å². The fraction of sp³-hybridized carbons (Fsp3) is 0.423. The molecule has 204 valence electrons. The number of aromatic nitrogens is 2. The van der Waals surface area contributed by atoms with Crippen molar-refractivity contribution in [2.24, 2.45) is 10.8 Å². The fourth-order valence-electron chi connectivity index (χ4n) is 3.16. The lowest BCUT2D eigenvalue weighted by molar-refractivity contribution is -0.140. The lowest BCUT2D eigenvalue weighted by atomic mass is 10.2. The van der Waals surface area contributed by atoms with Crippen molar-refractivity contribution in [3.63, 3.8) is 0 Å². The number of rotatable bonds is 10. The number of aryl methyl sites for hydroxylation is 6. The van der Waals surface area contributed by atoms with Gasteiger partial charge in [-0.2, -0.15) is 0 Å². The number of azide groups is 1. The van der Waals surface area contributed by atoms with Crippen LogP contribution in [0.5, 0.6) is 0 Å². The maximum atomic E-state index is 9.82. The van der Waals surface area contributed by atoms with Crippen LogP contribution in [0, 0.1) is 13.8 Å². The second kappa shape index (κ2) is 17.8. The molecule has 4 aromatic rings. The molecule has 12 heteroatoms. The second-order valence-corrected chi connectivity index (χ2v) is 12.6. The van der Waals surface area contributed by atoms with Gasteiger partial charge in [-0.1, -0.05) is 5.11 Å². The van der Waals surface area contributed by atoms with E-state index in [4.69, 9.17) is 11.3 Å². The van der Waals surface area contributed by atoms with Crippen LogP contribution in [-0.4, -0.2) is 22.5 Å². The molecular weight excluding hydrogens is 557 g/mol. The van der Waals surface area contributed by atoms with E-state index in [2.05, 4.69) is 53.7 Å². The lowest BCUT2D eigenvalue weighted by Gasteiger charge is -1.94. The van der Waals surface area contributed by atoms with Crippen LogP contribution in [0.4, 0.5) is 0 Å². The molecule has 8 nitrogen and oxygen atoms in total. The van der Waals surface area contributed by atoms with Gasteiger partial charge >= 0.3 is 5.97 Å². The van der Waals surface area contributed by atoms with Crippen molar-refractivity contribution >= 4 is 51.3 Å². The number of carbonyl (C=O) groups is 1. The first-order chi connectivity index (χ1) is 18.3. The molecule has 4 rings (SSSR count). The van der Waals surface area contributed by atoms with E-state index in [1.54, 1.807) is 40.9 Å². The second-order valence-electron chi connectivity index (χ2n) is 7.97. The zero-order chi connectivity index (χ0) is 27.8. The summed E-state index contributed by atoms with van der Waals surface area (Å²) in [7, 11) is 0. The van der Waals surface area contributed by atoms with E-state index >= 15 is 0 Å². The molecule has 0 unspecified atom stereocenters.